The molecule has 2 aromatic rings. The lowest BCUT2D eigenvalue weighted by Gasteiger charge is -2.44. The predicted octanol–water partition coefficient (Wildman–Crippen LogP) is 4.79. The third-order valence-electron chi connectivity index (χ3n) is 5.52. The number of hydrogen-bond donors (Lipinski definition) is 1. The van der Waals surface area contributed by atoms with Gasteiger partial charge >= 0.3 is 0 Å². The van der Waals surface area contributed by atoms with Gasteiger partial charge < -0.3 is 15.1 Å². The Morgan fingerprint density at radius 2 is 1.75 bits per heavy atom. The quantitative estimate of drug-likeness (QED) is 0.748. The minimum atomic E-state index is -0.0588. The van der Waals surface area contributed by atoms with Gasteiger partial charge in [0.1, 0.15) is 0 Å². The number of nitrogens with zero attached hydrogens (tertiary/aromatic N) is 2. The molecule has 2 saturated heterocycles. The van der Waals surface area contributed by atoms with E-state index in [-0.39, 0.29) is 18.0 Å². The van der Waals surface area contributed by atoms with Crippen LogP contribution in [-0.2, 0) is 4.79 Å². The summed E-state index contributed by atoms with van der Waals surface area (Å²) in [6.45, 7) is 2.89. The standard InChI is InChI=1S/C21H22Cl3N3O/c22-15-5-3-14(4-6-15)20-13-26(21(28)18-2-1-9-25-18)10-11-27(20)19-8-7-16(23)12-17(19)24/h3-8,12,18,20,25H,1-2,9-11,13H2/t18-,20+/m1/s1. The van der Waals surface area contributed by atoms with E-state index in [0.717, 1.165) is 30.6 Å². The maximum Gasteiger partial charge on any atom is 0.239 e. The summed E-state index contributed by atoms with van der Waals surface area (Å²) in [7, 11) is 0. The summed E-state index contributed by atoms with van der Waals surface area (Å²) < 4.78 is 0. The Morgan fingerprint density at radius 1 is 1.00 bits per heavy atom. The Labute approximate surface area is 180 Å². The molecule has 0 unspecified atom stereocenters. The highest BCUT2D eigenvalue weighted by Gasteiger charge is 2.35. The second-order valence-electron chi connectivity index (χ2n) is 7.29. The molecule has 2 atom stereocenters. The highest BCUT2D eigenvalue weighted by Crippen LogP contribution is 2.37. The predicted molar refractivity (Wildman–Crippen MR) is 116 cm³/mol. The molecule has 2 fully saturated rings. The average molecular weight is 439 g/mol. The lowest BCUT2D eigenvalue weighted by Crippen LogP contribution is -2.54. The number of amides is 1. The molecule has 1 amide bonds. The van der Waals surface area contributed by atoms with E-state index in [2.05, 4.69) is 10.2 Å². The Bertz CT molecular complexity index is 852. The molecule has 2 aliphatic heterocycles. The Hall–Kier alpha value is -1.46. The largest absolute Gasteiger partial charge is 0.360 e. The van der Waals surface area contributed by atoms with Crippen molar-refractivity contribution in [3.8, 4) is 0 Å². The van der Waals surface area contributed by atoms with Gasteiger partial charge in [-0.15, -0.1) is 0 Å². The van der Waals surface area contributed by atoms with Gasteiger partial charge in [-0.25, -0.2) is 0 Å². The number of carbonyl (C=O) groups excluding carboxylic acids is 1. The average Bonchev–Trinajstić information content (AvgIpc) is 3.23. The fourth-order valence-electron chi connectivity index (χ4n) is 4.07. The molecule has 7 heteroatoms. The molecule has 0 bridgehead atoms. The van der Waals surface area contributed by atoms with E-state index >= 15 is 0 Å². The van der Waals surface area contributed by atoms with Gasteiger partial charge in [-0.2, -0.15) is 0 Å². The van der Waals surface area contributed by atoms with Gasteiger partial charge in [0.2, 0.25) is 5.91 Å². The minimum absolute atomic E-state index is 0.00459. The molecule has 4 nitrogen and oxygen atoms in total. The zero-order valence-electron chi connectivity index (χ0n) is 15.4. The van der Waals surface area contributed by atoms with Gasteiger partial charge in [0, 0.05) is 29.7 Å². The summed E-state index contributed by atoms with van der Waals surface area (Å²) in [4.78, 5) is 17.2. The molecular weight excluding hydrogens is 417 g/mol. The second kappa shape index (κ2) is 8.50. The Kier molecular flexibility index (Phi) is 6.02. The van der Waals surface area contributed by atoms with Crippen LogP contribution in [0.5, 0.6) is 0 Å². The van der Waals surface area contributed by atoms with Crippen LogP contribution in [0.3, 0.4) is 0 Å². The molecule has 0 saturated carbocycles. The van der Waals surface area contributed by atoms with Crippen molar-refractivity contribution in [1.82, 2.24) is 10.2 Å². The van der Waals surface area contributed by atoms with Crippen LogP contribution in [0.1, 0.15) is 24.4 Å². The first-order valence-electron chi connectivity index (χ1n) is 9.52. The summed E-state index contributed by atoms with van der Waals surface area (Å²) in [5.74, 6) is 0.193. The molecule has 148 valence electrons. The fourth-order valence-corrected chi connectivity index (χ4v) is 4.71. The van der Waals surface area contributed by atoms with Crippen LogP contribution in [0.15, 0.2) is 42.5 Å². The molecule has 1 N–H and O–H groups in total. The third kappa shape index (κ3) is 4.11. The van der Waals surface area contributed by atoms with E-state index < -0.39 is 0 Å². The molecule has 0 aromatic heterocycles. The molecule has 2 heterocycles. The van der Waals surface area contributed by atoms with Crippen LogP contribution in [0.2, 0.25) is 15.1 Å². The second-order valence-corrected chi connectivity index (χ2v) is 8.57. The number of nitrogens with one attached hydrogen (secondary N) is 1. The van der Waals surface area contributed by atoms with Crippen LogP contribution in [0.25, 0.3) is 0 Å². The molecule has 0 radical (unpaired) electrons. The summed E-state index contributed by atoms with van der Waals surface area (Å²) in [5.41, 5.74) is 2.03. The first kappa shape index (κ1) is 19.8. The molecule has 2 aliphatic rings. The lowest BCUT2D eigenvalue weighted by molar-refractivity contribution is -0.133. The van der Waals surface area contributed by atoms with Crippen LogP contribution in [-0.4, -0.2) is 43.0 Å². The van der Waals surface area contributed by atoms with Gasteiger partial charge in [0.25, 0.3) is 0 Å². The number of benzene rings is 2. The number of hydrogen-bond acceptors (Lipinski definition) is 3. The number of carbonyl (C=O) groups is 1. The topological polar surface area (TPSA) is 35.6 Å². The van der Waals surface area contributed by atoms with Crippen LogP contribution < -0.4 is 10.2 Å². The Morgan fingerprint density at radius 3 is 2.43 bits per heavy atom. The van der Waals surface area contributed by atoms with Crippen molar-refractivity contribution in [2.75, 3.05) is 31.1 Å². The molecular formula is C21H22Cl3N3O. The maximum atomic E-state index is 13.0. The first-order chi connectivity index (χ1) is 13.5. The summed E-state index contributed by atoms with van der Waals surface area (Å²) in [5, 5.41) is 5.23. The fraction of sp³-hybridized carbons (Fsp3) is 0.381. The Balaban J connectivity index is 1.64. The number of piperazine rings is 1. The van der Waals surface area contributed by atoms with Gasteiger partial charge in [0.15, 0.2) is 0 Å². The van der Waals surface area contributed by atoms with Crippen molar-refractivity contribution < 1.29 is 4.79 Å². The van der Waals surface area contributed by atoms with Crippen LogP contribution >= 0.6 is 34.8 Å². The first-order valence-corrected chi connectivity index (χ1v) is 10.7. The van der Waals surface area contributed by atoms with Gasteiger partial charge in [-0.05, 0) is 55.3 Å². The van der Waals surface area contributed by atoms with Gasteiger partial charge in [-0.3, -0.25) is 4.79 Å². The van der Waals surface area contributed by atoms with E-state index in [0.29, 0.717) is 34.7 Å². The number of rotatable bonds is 3. The van der Waals surface area contributed by atoms with Crippen molar-refractivity contribution in [3.05, 3.63) is 63.1 Å². The number of halogens is 3. The van der Waals surface area contributed by atoms with E-state index in [4.69, 9.17) is 34.8 Å². The van der Waals surface area contributed by atoms with Crippen molar-refractivity contribution in [3.63, 3.8) is 0 Å². The molecule has 4 rings (SSSR count). The van der Waals surface area contributed by atoms with E-state index in [1.807, 2.05) is 41.3 Å². The summed E-state index contributed by atoms with van der Waals surface area (Å²) in [6.07, 6.45) is 1.96. The van der Waals surface area contributed by atoms with Gasteiger partial charge in [0.05, 0.1) is 22.8 Å². The van der Waals surface area contributed by atoms with Gasteiger partial charge in [-0.1, -0.05) is 46.9 Å². The maximum absolute atomic E-state index is 13.0. The van der Waals surface area contributed by atoms with E-state index in [1.165, 1.54) is 0 Å². The SMILES string of the molecule is O=C([C@H]1CCCN1)N1CCN(c2ccc(Cl)cc2Cl)[C@H](c2ccc(Cl)cc2)C1. The highest BCUT2D eigenvalue weighted by molar-refractivity contribution is 6.36. The monoisotopic (exact) mass is 437 g/mol. The number of anilines is 1. The molecule has 0 spiro atoms. The van der Waals surface area contributed by atoms with Crippen molar-refractivity contribution in [2.24, 2.45) is 0 Å². The van der Waals surface area contributed by atoms with Crippen molar-refractivity contribution in [2.45, 2.75) is 24.9 Å². The van der Waals surface area contributed by atoms with E-state index in [1.54, 1.807) is 6.07 Å². The molecule has 28 heavy (non-hydrogen) atoms. The van der Waals surface area contributed by atoms with E-state index in [9.17, 15) is 4.79 Å². The lowest BCUT2D eigenvalue weighted by atomic mass is 10.0. The minimum Gasteiger partial charge on any atom is -0.360 e. The van der Waals surface area contributed by atoms with Crippen LogP contribution in [0, 0.1) is 0 Å². The third-order valence-corrected chi connectivity index (χ3v) is 6.31. The van der Waals surface area contributed by atoms with Crippen molar-refractivity contribution in [1.29, 1.82) is 0 Å². The van der Waals surface area contributed by atoms with Crippen molar-refractivity contribution >= 4 is 46.4 Å². The highest BCUT2D eigenvalue weighted by atomic mass is 35.5. The molecule has 0 aliphatic carbocycles. The zero-order valence-corrected chi connectivity index (χ0v) is 17.6. The summed E-state index contributed by atoms with van der Waals surface area (Å²) in [6, 6.07) is 13.3. The normalized spacial score (nSPS) is 22.5. The smallest absolute Gasteiger partial charge is 0.239 e. The molecule has 2 aromatic carbocycles. The zero-order chi connectivity index (χ0) is 19.7. The van der Waals surface area contributed by atoms with Crippen LogP contribution in [0.4, 0.5) is 5.69 Å². The summed E-state index contributed by atoms with van der Waals surface area (Å²) >= 11 is 18.7.